The molecule has 0 spiro atoms. The smallest absolute Gasteiger partial charge is 0.305 e. The highest BCUT2D eigenvalue weighted by Gasteiger charge is 2.13. The number of methoxy groups -OCH3 is 2. The number of esters is 1. The number of hydrogen-bond donors (Lipinski definition) is 1. The van der Waals surface area contributed by atoms with E-state index in [0.29, 0.717) is 30.1 Å². The molecule has 0 aromatic heterocycles. The minimum Gasteiger partial charge on any atom is -0.493 e. The summed E-state index contributed by atoms with van der Waals surface area (Å²) in [7, 11) is 3.08. The van der Waals surface area contributed by atoms with Crippen LogP contribution in [0.4, 0.5) is 0 Å². The van der Waals surface area contributed by atoms with E-state index in [-0.39, 0.29) is 12.4 Å². The average molecular weight is 268 g/mol. The zero-order valence-corrected chi connectivity index (χ0v) is 11.5. The maximum absolute atomic E-state index is 11.2. The molecule has 5 heteroatoms. The molecule has 0 heterocycles. The van der Waals surface area contributed by atoms with Crippen LogP contribution in [0.25, 0.3) is 0 Å². The Balaban J connectivity index is 2.66. The Morgan fingerprint density at radius 3 is 2.53 bits per heavy atom. The van der Waals surface area contributed by atoms with E-state index in [1.807, 2.05) is 0 Å². The molecule has 0 aliphatic carbocycles. The van der Waals surface area contributed by atoms with E-state index >= 15 is 0 Å². The van der Waals surface area contributed by atoms with E-state index in [1.54, 1.807) is 32.2 Å². The second-order valence-electron chi connectivity index (χ2n) is 3.97. The maximum atomic E-state index is 11.2. The topological polar surface area (TPSA) is 65.0 Å². The van der Waals surface area contributed by atoms with E-state index in [1.165, 1.54) is 7.11 Å². The van der Waals surface area contributed by atoms with Crippen molar-refractivity contribution >= 4 is 5.97 Å². The molecule has 0 radical (unpaired) electrons. The minimum absolute atomic E-state index is 0.184. The van der Waals surface area contributed by atoms with Crippen LogP contribution in [0.3, 0.4) is 0 Å². The van der Waals surface area contributed by atoms with Gasteiger partial charge in [-0.3, -0.25) is 4.79 Å². The van der Waals surface area contributed by atoms with Gasteiger partial charge in [0, 0.05) is 6.42 Å². The van der Waals surface area contributed by atoms with Gasteiger partial charge in [-0.2, -0.15) is 0 Å². The molecule has 1 N–H and O–H groups in total. The molecule has 0 amide bonds. The largest absolute Gasteiger partial charge is 0.493 e. The van der Waals surface area contributed by atoms with Gasteiger partial charge in [0.05, 0.1) is 26.9 Å². The molecule has 1 aromatic carbocycles. The fourth-order valence-electron chi connectivity index (χ4n) is 1.71. The Morgan fingerprint density at radius 2 is 1.95 bits per heavy atom. The third-order valence-electron chi connectivity index (χ3n) is 2.72. The number of rotatable bonds is 7. The van der Waals surface area contributed by atoms with Gasteiger partial charge in [-0.1, -0.05) is 6.07 Å². The van der Waals surface area contributed by atoms with Crippen LogP contribution in [0.15, 0.2) is 18.2 Å². The lowest BCUT2D eigenvalue weighted by atomic mass is 10.0. The minimum atomic E-state index is -0.732. The highest BCUT2D eigenvalue weighted by atomic mass is 16.5. The second kappa shape index (κ2) is 7.63. The zero-order chi connectivity index (χ0) is 14.3. The monoisotopic (exact) mass is 268 g/mol. The molecule has 1 atom stereocenters. The number of hydrogen-bond acceptors (Lipinski definition) is 5. The summed E-state index contributed by atoms with van der Waals surface area (Å²) in [6.07, 6.45) is -0.235. The quantitative estimate of drug-likeness (QED) is 0.767. The first-order chi connectivity index (χ1) is 9.12. The Labute approximate surface area is 113 Å². The Bertz CT molecular complexity index is 416. The Hall–Kier alpha value is -1.75. The third-order valence-corrected chi connectivity index (χ3v) is 2.72. The molecule has 0 bridgehead atoms. The van der Waals surface area contributed by atoms with Gasteiger partial charge in [0.1, 0.15) is 0 Å². The van der Waals surface area contributed by atoms with Crippen LogP contribution in [0.1, 0.15) is 31.4 Å². The van der Waals surface area contributed by atoms with Gasteiger partial charge in [-0.25, -0.2) is 0 Å². The van der Waals surface area contributed by atoms with Crippen LogP contribution in [0.2, 0.25) is 0 Å². The molecule has 1 rings (SSSR count). The fraction of sp³-hybridized carbons (Fsp3) is 0.500. The third kappa shape index (κ3) is 4.44. The zero-order valence-electron chi connectivity index (χ0n) is 11.5. The predicted molar refractivity (Wildman–Crippen MR) is 70.4 cm³/mol. The van der Waals surface area contributed by atoms with Crippen LogP contribution < -0.4 is 9.47 Å². The molecule has 1 aromatic rings. The fourth-order valence-corrected chi connectivity index (χ4v) is 1.71. The van der Waals surface area contributed by atoms with Crippen molar-refractivity contribution in [3.8, 4) is 11.5 Å². The summed E-state index contributed by atoms with van der Waals surface area (Å²) in [5.74, 6) is 0.848. The lowest BCUT2D eigenvalue weighted by molar-refractivity contribution is -0.143. The van der Waals surface area contributed by atoms with E-state index in [9.17, 15) is 9.90 Å². The van der Waals surface area contributed by atoms with Gasteiger partial charge >= 0.3 is 5.97 Å². The number of benzene rings is 1. The van der Waals surface area contributed by atoms with Gasteiger partial charge in [0.15, 0.2) is 11.5 Å². The van der Waals surface area contributed by atoms with Crippen LogP contribution in [-0.2, 0) is 9.53 Å². The van der Waals surface area contributed by atoms with Crippen molar-refractivity contribution in [2.24, 2.45) is 0 Å². The van der Waals surface area contributed by atoms with Gasteiger partial charge in [0.25, 0.3) is 0 Å². The lowest BCUT2D eigenvalue weighted by Crippen LogP contribution is -2.07. The number of aliphatic hydroxyl groups excluding tert-OH is 1. The van der Waals surface area contributed by atoms with E-state index < -0.39 is 6.10 Å². The van der Waals surface area contributed by atoms with Crippen LogP contribution >= 0.6 is 0 Å². The first kappa shape index (κ1) is 15.3. The number of carbonyl (C=O) groups excluding carboxylic acids is 1. The molecule has 19 heavy (non-hydrogen) atoms. The molecule has 1 unspecified atom stereocenters. The highest BCUT2D eigenvalue weighted by molar-refractivity contribution is 5.69. The number of aliphatic hydroxyl groups is 1. The van der Waals surface area contributed by atoms with Crippen molar-refractivity contribution in [1.29, 1.82) is 0 Å². The summed E-state index contributed by atoms with van der Waals surface area (Å²) in [4.78, 5) is 11.2. The molecule has 0 saturated carbocycles. The van der Waals surface area contributed by atoms with Crippen molar-refractivity contribution < 1.29 is 24.1 Å². The first-order valence-electron chi connectivity index (χ1n) is 6.18. The Morgan fingerprint density at radius 1 is 1.26 bits per heavy atom. The summed E-state index contributed by atoms with van der Waals surface area (Å²) < 4.78 is 15.1. The first-order valence-corrected chi connectivity index (χ1v) is 6.18. The van der Waals surface area contributed by atoms with Gasteiger partial charge < -0.3 is 19.3 Å². The molecular weight excluding hydrogens is 248 g/mol. The molecule has 0 saturated heterocycles. The second-order valence-corrected chi connectivity index (χ2v) is 3.97. The van der Waals surface area contributed by atoms with Crippen molar-refractivity contribution in [3.05, 3.63) is 23.8 Å². The van der Waals surface area contributed by atoms with E-state index in [4.69, 9.17) is 14.2 Å². The van der Waals surface area contributed by atoms with E-state index in [0.717, 1.165) is 0 Å². The maximum Gasteiger partial charge on any atom is 0.305 e. The van der Waals surface area contributed by atoms with Crippen LogP contribution in [-0.4, -0.2) is 31.9 Å². The summed E-state index contributed by atoms with van der Waals surface area (Å²) >= 11 is 0. The summed E-state index contributed by atoms with van der Waals surface area (Å²) in [5, 5.41) is 10.0. The van der Waals surface area contributed by atoms with Crippen molar-refractivity contribution in [1.82, 2.24) is 0 Å². The van der Waals surface area contributed by atoms with Crippen LogP contribution in [0.5, 0.6) is 11.5 Å². The highest BCUT2D eigenvalue weighted by Crippen LogP contribution is 2.31. The normalized spacial score (nSPS) is 11.8. The molecule has 0 fully saturated rings. The van der Waals surface area contributed by atoms with Gasteiger partial charge in [0.2, 0.25) is 0 Å². The number of carbonyl (C=O) groups is 1. The molecular formula is C14H20O5. The molecule has 0 aliphatic heterocycles. The van der Waals surface area contributed by atoms with Gasteiger partial charge in [-0.05, 0) is 31.0 Å². The SMILES string of the molecule is CCOC(=O)CCC(O)c1ccc(OC)c(OC)c1. The van der Waals surface area contributed by atoms with Crippen molar-refractivity contribution in [2.45, 2.75) is 25.9 Å². The summed E-state index contributed by atoms with van der Waals surface area (Å²) in [5.41, 5.74) is 0.682. The van der Waals surface area contributed by atoms with Crippen molar-refractivity contribution in [2.75, 3.05) is 20.8 Å². The molecule has 5 nitrogen and oxygen atoms in total. The predicted octanol–water partition coefficient (Wildman–Crippen LogP) is 2.08. The van der Waals surface area contributed by atoms with Crippen molar-refractivity contribution in [3.63, 3.8) is 0 Å². The van der Waals surface area contributed by atoms with E-state index in [2.05, 4.69) is 0 Å². The Kier molecular flexibility index (Phi) is 6.15. The lowest BCUT2D eigenvalue weighted by Gasteiger charge is -2.13. The standard InChI is InChI=1S/C14H20O5/c1-4-19-14(16)8-6-11(15)10-5-7-12(17-2)13(9-10)18-3/h5,7,9,11,15H,4,6,8H2,1-3H3. The van der Waals surface area contributed by atoms with Crippen LogP contribution in [0, 0.1) is 0 Å². The molecule has 0 aliphatic rings. The summed E-state index contributed by atoms with van der Waals surface area (Å²) in [6, 6.07) is 5.17. The molecule has 106 valence electrons. The average Bonchev–Trinajstić information content (AvgIpc) is 2.44. The number of ether oxygens (including phenoxy) is 3. The summed E-state index contributed by atoms with van der Waals surface area (Å²) in [6.45, 7) is 2.11. The van der Waals surface area contributed by atoms with Gasteiger partial charge in [-0.15, -0.1) is 0 Å².